The molecule has 7 heteroatoms. The molecule has 6 nitrogen and oxygen atoms in total. The molecular formula is C18H20N4O2S. The molecule has 2 N–H and O–H groups in total. The number of aromatic nitrogens is 1. The minimum absolute atomic E-state index is 0.250. The molecule has 0 atom stereocenters. The first-order valence-corrected chi connectivity index (χ1v) is 8.96. The molecule has 0 aliphatic carbocycles. The van der Waals surface area contributed by atoms with E-state index >= 15 is 0 Å². The SMILES string of the molecule is COC(=O)c1cc(-c2c(C#N)c(N)nc3c2CN(C(C)C)CC3)cs1. The lowest BCUT2D eigenvalue weighted by molar-refractivity contribution is 0.0606. The Balaban J connectivity index is 2.18. The number of nitrogens with zero attached hydrogens (tertiary/aromatic N) is 3. The van der Waals surface area contributed by atoms with Gasteiger partial charge in [-0.2, -0.15) is 5.26 Å². The van der Waals surface area contributed by atoms with Crippen LogP contribution in [0.4, 0.5) is 5.82 Å². The van der Waals surface area contributed by atoms with Crippen LogP contribution in [0.25, 0.3) is 11.1 Å². The van der Waals surface area contributed by atoms with E-state index in [9.17, 15) is 10.1 Å². The fraction of sp³-hybridized carbons (Fsp3) is 0.389. The Labute approximate surface area is 150 Å². The number of thiophene rings is 1. The van der Waals surface area contributed by atoms with Gasteiger partial charge in [0.1, 0.15) is 22.3 Å². The van der Waals surface area contributed by atoms with Gasteiger partial charge in [0, 0.05) is 36.8 Å². The molecule has 130 valence electrons. The highest BCUT2D eigenvalue weighted by Gasteiger charge is 2.27. The van der Waals surface area contributed by atoms with Crippen molar-refractivity contribution in [1.82, 2.24) is 9.88 Å². The average Bonchev–Trinajstić information content (AvgIpc) is 3.08. The number of hydrogen-bond donors (Lipinski definition) is 1. The number of carbonyl (C=O) groups is 1. The van der Waals surface area contributed by atoms with Crippen LogP contribution in [0.15, 0.2) is 11.4 Å². The molecule has 25 heavy (non-hydrogen) atoms. The summed E-state index contributed by atoms with van der Waals surface area (Å²) in [4.78, 5) is 19.1. The van der Waals surface area contributed by atoms with Crippen molar-refractivity contribution in [2.45, 2.75) is 32.9 Å². The van der Waals surface area contributed by atoms with Crippen molar-refractivity contribution < 1.29 is 9.53 Å². The predicted octanol–water partition coefficient (Wildman–Crippen LogP) is 2.82. The monoisotopic (exact) mass is 356 g/mol. The van der Waals surface area contributed by atoms with Crippen LogP contribution in [0, 0.1) is 11.3 Å². The van der Waals surface area contributed by atoms with Crippen molar-refractivity contribution >= 4 is 23.1 Å². The topological polar surface area (TPSA) is 92.2 Å². The van der Waals surface area contributed by atoms with Gasteiger partial charge in [-0.15, -0.1) is 11.3 Å². The van der Waals surface area contributed by atoms with Crippen LogP contribution in [-0.2, 0) is 17.7 Å². The van der Waals surface area contributed by atoms with E-state index in [1.165, 1.54) is 18.4 Å². The fourth-order valence-corrected chi connectivity index (χ4v) is 3.96. The van der Waals surface area contributed by atoms with Crippen LogP contribution in [0.5, 0.6) is 0 Å². The summed E-state index contributed by atoms with van der Waals surface area (Å²) in [6.45, 7) is 5.94. The summed E-state index contributed by atoms with van der Waals surface area (Å²) in [5.74, 6) is -0.130. The van der Waals surface area contributed by atoms with Crippen molar-refractivity contribution in [3.63, 3.8) is 0 Å². The number of nitriles is 1. The van der Waals surface area contributed by atoms with Crippen molar-refractivity contribution in [3.8, 4) is 17.2 Å². The van der Waals surface area contributed by atoms with E-state index < -0.39 is 0 Å². The Bertz CT molecular complexity index is 867. The minimum Gasteiger partial charge on any atom is -0.465 e. The molecule has 0 radical (unpaired) electrons. The molecule has 3 heterocycles. The highest BCUT2D eigenvalue weighted by atomic mass is 32.1. The highest BCUT2D eigenvalue weighted by Crippen LogP contribution is 2.37. The van der Waals surface area contributed by atoms with Crippen LogP contribution in [0.2, 0.25) is 0 Å². The van der Waals surface area contributed by atoms with Gasteiger partial charge in [0.15, 0.2) is 0 Å². The summed E-state index contributed by atoms with van der Waals surface area (Å²) in [6.07, 6.45) is 0.796. The standard InChI is InChI=1S/C18H20N4O2S/c1-10(2)22-5-4-14-13(8-22)16(12(7-19)17(20)21-14)11-6-15(25-9-11)18(23)24-3/h6,9-10H,4-5,8H2,1-3H3,(H2,20,21). The number of nitrogens with two attached hydrogens (primary N) is 1. The lowest BCUT2D eigenvalue weighted by Gasteiger charge is -2.33. The van der Waals surface area contributed by atoms with E-state index in [1.807, 2.05) is 5.38 Å². The van der Waals surface area contributed by atoms with Gasteiger partial charge in [-0.25, -0.2) is 9.78 Å². The maximum atomic E-state index is 11.8. The lowest BCUT2D eigenvalue weighted by Crippen LogP contribution is -2.36. The number of carbonyl (C=O) groups excluding carboxylic acids is 1. The largest absolute Gasteiger partial charge is 0.465 e. The summed E-state index contributed by atoms with van der Waals surface area (Å²) in [5, 5.41) is 11.5. The second kappa shape index (κ2) is 6.82. The molecule has 0 aromatic carbocycles. The van der Waals surface area contributed by atoms with E-state index in [2.05, 4.69) is 29.8 Å². The number of pyridine rings is 1. The van der Waals surface area contributed by atoms with Crippen molar-refractivity contribution in [3.05, 3.63) is 33.1 Å². The number of rotatable bonds is 3. The van der Waals surface area contributed by atoms with Crippen molar-refractivity contribution in [2.75, 3.05) is 19.4 Å². The van der Waals surface area contributed by atoms with Crippen molar-refractivity contribution in [2.24, 2.45) is 0 Å². The summed E-state index contributed by atoms with van der Waals surface area (Å²) < 4.78 is 4.79. The molecule has 1 aliphatic heterocycles. The van der Waals surface area contributed by atoms with E-state index in [1.54, 1.807) is 6.07 Å². The van der Waals surface area contributed by atoms with Crippen LogP contribution >= 0.6 is 11.3 Å². The summed E-state index contributed by atoms with van der Waals surface area (Å²) >= 11 is 1.30. The Kier molecular flexibility index (Phi) is 4.75. The number of nitrogen functional groups attached to an aromatic ring is 1. The molecule has 0 spiro atoms. The molecule has 0 bridgehead atoms. The minimum atomic E-state index is -0.380. The van der Waals surface area contributed by atoms with Gasteiger partial charge >= 0.3 is 5.97 Å². The van der Waals surface area contributed by atoms with Gasteiger partial charge in [-0.3, -0.25) is 4.90 Å². The molecule has 0 fully saturated rings. The first kappa shape index (κ1) is 17.4. The Morgan fingerprint density at radius 1 is 1.52 bits per heavy atom. The van der Waals surface area contributed by atoms with E-state index in [0.29, 0.717) is 23.0 Å². The van der Waals surface area contributed by atoms with Crippen molar-refractivity contribution in [1.29, 1.82) is 5.26 Å². The normalized spacial score (nSPS) is 14.2. The third-order valence-corrected chi connectivity index (χ3v) is 5.44. The summed E-state index contributed by atoms with van der Waals surface area (Å²) in [5.41, 5.74) is 10.00. The Morgan fingerprint density at radius 3 is 2.92 bits per heavy atom. The maximum absolute atomic E-state index is 11.8. The van der Waals surface area contributed by atoms with Gasteiger partial charge in [-0.05, 0) is 36.4 Å². The molecule has 2 aromatic rings. The molecule has 1 aliphatic rings. The fourth-order valence-electron chi connectivity index (χ4n) is 3.15. The molecular weight excluding hydrogens is 336 g/mol. The second-order valence-corrected chi connectivity index (χ2v) is 7.20. The zero-order valence-corrected chi connectivity index (χ0v) is 15.3. The molecule has 0 saturated carbocycles. The predicted molar refractivity (Wildman–Crippen MR) is 97.3 cm³/mol. The molecule has 0 amide bonds. The number of anilines is 1. The average molecular weight is 356 g/mol. The number of ether oxygens (including phenoxy) is 1. The lowest BCUT2D eigenvalue weighted by atomic mass is 9.92. The number of methoxy groups -OCH3 is 1. The first-order chi connectivity index (χ1) is 12.0. The van der Waals surface area contributed by atoms with E-state index in [4.69, 9.17) is 10.5 Å². The second-order valence-electron chi connectivity index (χ2n) is 6.29. The smallest absolute Gasteiger partial charge is 0.348 e. The third-order valence-electron chi connectivity index (χ3n) is 4.53. The van der Waals surface area contributed by atoms with Gasteiger partial charge in [-0.1, -0.05) is 0 Å². The maximum Gasteiger partial charge on any atom is 0.348 e. The quantitative estimate of drug-likeness (QED) is 0.850. The molecule has 0 saturated heterocycles. The van der Waals surface area contributed by atoms with E-state index in [-0.39, 0.29) is 11.8 Å². The Hall–Kier alpha value is -2.43. The number of hydrogen-bond acceptors (Lipinski definition) is 7. The summed E-state index contributed by atoms with van der Waals surface area (Å²) in [7, 11) is 1.36. The molecule has 2 aromatic heterocycles. The van der Waals surface area contributed by atoms with Gasteiger partial charge in [0.05, 0.1) is 7.11 Å². The summed E-state index contributed by atoms with van der Waals surface area (Å²) in [6, 6.07) is 4.36. The molecule has 3 rings (SSSR count). The van der Waals surface area contributed by atoms with Gasteiger partial charge in [0.25, 0.3) is 0 Å². The molecule has 0 unspecified atom stereocenters. The van der Waals surface area contributed by atoms with Crippen LogP contribution in [0.3, 0.4) is 0 Å². The third kappa shape index (κ3) is 3.11. The first-order valence-electron chi connectivity index (χ1n) is 8.08. The van der Waals surface area contributed by atoms with Crippen LogP contribution in [-0.4, -0.2) is 35.5 Å². The van der Waals surface area contributed by atoms with Gasteiger partial charge < -0.3 is 10.5 Å². The number of fused-ring (bicyclic) bond motifs is 1. The zero-order valence-electron chi connectivity index (χ0n) is 14.5. The van der Waals surface area contributed by atoms with Gasteiger partial charge in [0.2, 0.25) is 0 Å². The van der Waals surface area contributed by atoms with Crippen LogP contribution < -0.4 is 5.73 Å². The van der Waals surface area contributed by atoms with Crippen LogP contribution in [0.1, 0.15) is 40.3 Å². The van der Waals surface area contributed by atoms with E-state index in [0.717, 1.165) is 35.3 Å². The zero-order chi connectivity index (χ0) is 18.1. The highest BCUT2D eigenvalue weighted by molar-refractivity contribution is 7.12. The Morgan fingerprint density at radius 2 is 2.28 bits per heavy atom. The number of esters is 1.